The van der Waals surface area contributed by atoms with E-state index in [0.29, 0.717) is 11.9 Å². The normalized spacial score (nSPS) is 9.82. The summed E-state index contributed by atoms with van der Waals surface area (Å²) in [6.45, 7) is 0. The number of H-pyrrole nitrogens is 2. The summed E-state index contributed by atoms with van der Waals surface area (Å²) in [5.41, 5.74) is 0. The van der Waals surface area contributed by atoms with Crippen LogP contribution in [0.1, 0.15) is 0 Å². The van der Waals surface area contributed by atoms with Gasteiger partial charge in [0.25, 0.3) is 0 Å². The van der Waals surface area contributed by atoms with Crippen molar-refractivity contribution in [1.29, 1.82) is 0 Å². The molecule has 0 saturated carbocycles. The van der Waals surface area contributed by atoms with Crippen LogP contribution in [-0.2, 0) is 0 Å². The van der Waals surface area contributed by atoms with Gasteiger partial charge in [0, 0.05) is 24.8 Å². The van der Waals surface area contributed by atoms with Gasteiger partial charge in [0.2, 0.25) is 11.9 Å². The van der Waals surface area contributed by atoms with Gasteiger partial charge in [0.15, 0.2) is 0 Å². The van der Waals surface area contributed by atoms with Crippen LogP contribution in [0.25, 0.3) is 0 Å². The Labute approximate surface area is 62.9 Å². The number of anilines is 2. The zero-order chi connectivity index (χ0) is 7.52. The van der Waals surface area contributed by atoms with Gasteiger partial charge in [-0.25, -0.2) is 9.97 Å². The first-order valence-corrected chi connectivity index (χ1v) is 3.21. The molecule has 3 N–H and O–H groups in total. The molecule has 0 aliphatic carbocycles. The monoisotopic (exact) mass is 149 g/mol. The fraction of sp³-hybridized carbons (Fsp3) is 0. The molecular weight excluding hydrogens is 142 g/mol. The average molecular weight is 149 g/mol. The van der Waals surface area contributed by atoms with E-state index in [2.05, 4.69) is 25.3 Å². The molecule has 0 atom stereocenters. The Morgan fingerprint density at radius 1 is 1.00 bits per heavy atom. The minimum atomic E-state index is 0.681. The first-order valence-electron chi connectivity index (χ1n) is 3.21. The van der Waals surface area contributed by atoms with Crippen molar-refractivity contribution in [3.05, 3.63) is 24.8 Å². The molecule has 2 aromatic rings. The lowest BCUT2D eigenvalue weighted by molar-refractivity contribution is 1.21. The summed E-state index contributed by atoms with van der Waals surface area (Å²) in [7, 11) is 0. The molecule has 0 aliphatic rings. The van der Waals surface area contributed by atoms with Crippen molar-refractivity contribution in [1.82, 2.24) is 19.9 Å². The van der Waals surface area contributed by atoms with Crippen molar-refractivity contribution in [2.75, 3.05) is 5.32 Å². The minimum absolute atomic E-state index is 0.681. The zero-order valence-electron chi connectivity index (χ0n) is 5.70. The maximum atomic E-state index is 3.96. The first-order chi connectivity index (χ1) is 5.45. The second kappa shape index (κ2) is 2.45. The second-order valence-electron chi connectivity index (χ2n) is 2.00. The maximum absolute atomic E-state index is 3.96. The van der Waals surface area contributed by atoms with E-state index in [1.807, 2.05) is 0 Å². The molecule has 2 heterocycles. The van der Waals surface area contributed by atoms with Crippen LogP contribution in [0.15, 0.2) is 24.8 Å². The maximum Gasteiger partial charge on any atom is 0.206 e. The zero-order valence-corrected chi connectivity index (χ0v) is 5.70. The smallest absolute Gasteiger partial charge is 0.206 e. The van der Waals surface area contributed by atoms with Crippen LogP contribution >= 0.6 is 0 Å². The van der Waals surface area contributed by atoms with Crippen molar-refractivity contribution < 1.29 is 0 Å². The molecule has 0 bridgehead atoms. The van der Waals surface area contributed by atoms with Crippen LogP contribution in [0.4, 0.5) is 11.9 Å². The fourth-order valence-corrected chi connectivity index (χ4v) is 0.779. The molecule has 0 amide bonds. The number of nitrogens with one attached hydrogen (secondary N) is 3. The number of hydrogen-bond acceptors (Lipinski definition) is 3. The van der Waals surface area contributed by atoms with E-state index >= 15 is 0 Å². The molecule has 2 aromatic heterocycles. The van der Waals surface area contributed by atoms with Crippen LogP contribution in [-0.4, -0.2) is 19.9 Å². The van der Waals surface area contributed by atoms with Crippen LogP contribution in [0.5, 0.6) is 0 Å². The Bertz CT molecular complexity index is 263. The van der Waals surface area contributed by atoms with Crippen molar-refractivity contribution in [2.45, 2.75) is 0 Å². The Morgan fingerprint density at radius 2 is 1.55 bits per heavy atom. The summed E-state index contributed by atoms with van der Waals surface area (Å²) in [6.07, 6.45) is 6.83. The second-order valence-corrected chi connectivity index (χ2v) is 2.00. The lowest BCUT2D eigenvalue weighted by atomic mass is 10.9. The van der Waals surface area contributed by atoms with E-state index in [1.165, 1.54) is 0 Å². The van der Waals surface area contributed by atoms with Crippen molar-refractivity contribution in [3.8, 4) is 0 Å². The van der Waals surface area contributed by atoms with E-state index in [9.17, 15) is 0 Å². The third kappa shape index (κ3) is 1.21. The highest BCUT2D eigenvalue weighted by Crippen LogP contribution is 2.03. The fourth-order valence-electron chi connectivity index (χ4n) is 0.779. The summed E-state index contributed by atoms with van der Waals surface area (Å²) in [6, 6.07) is 0. The minimum Gasteiger partial charge on any atom is -0.331 e. The van der Waals surface area contributed by atoms with Gasteiger partial charge in [-0.15, -0.1) is 0 Å². The Balaban J connectivity index is 2.14. The van der Waals surface area contributed by atoms with Crippen LogP contribution in [0, 0.1) is 0 Å². The summed E-state index contributed by atoms with van der Waals surface area (Å²) in [5.74, 6) is 1.36. The molecule has 5 nitrogen and oxygen atoms in total. The highest BCUT2D eigenvalue weighted by Gasteiger charge is 1.94. The van der Waals surface area contributed by atoms with Gasteiger partial charge in [-0.3, -0.25) is 5.32 Å². The van der Waals surface area contributed by atoms with Gasteiger partial charge in [-0.05, 0) is 0 Å². The van der Waals surface area contributed by atoms with Crippen molar-refractivity contribution in [3.63, 3.8) is 0 Å². The molecule has 5 heteroatoms. The summed E-state index contributed by atoms with van der Waals surface area (Å²) in [4.78, 5) is 13.7. The van der Waals surface area contributed by atoms with Crippen LogP contribution in [0.3, 0.4) is 0 Å². The first kappa shape index (κ1) is 5.96. The topological polar surface area (TPSA) is 69.4 Å². The van der Waals surface area contributed by atoms with Gasteiger partial charge >= 0.3 is 0 Å². The largest absolute Gasteiger partial charge is 0.331 e. The molecule has 2 rings (SSSR count). The lowest BCUT2D eigenvalue weighted by Crippen LogP contribution is -1.93. The molecule has 11 heavy (non-hydrogen) atoms. The van der Waals surface area contributed by atoms with E-state index in [0.717, 1.165) is 0 Å². The standard InChI is InChI=1S/C6H7N5/c1-2-8-5(7-1)11-6-9-3-4-10-6/h1-4H,(H3,7,8,9,10,11). The molecular formula is C6H7N5. The van der Waals surface area contributed by atoms with E-state index in [-0.39, 0.29) is 0 Å². The number of imidazole rings is 2. The predicted octanol–water partition coefficient (Wildman–Crippen LogP) is 0.876. The third-order valence-corrected chi connectivity index (χ3v) is 1.23. The van der Waals surface area contributed by atoms with Crippen molar-refractivity contribution in [2.24, 2.45) is 0 Å². The van der Waals surface area contributed by atoms with Gasteiger partial charge in [-0.2, -0.15) is 0 Å². The highest BCUT2D eigenvalue weighted by atomic mass is 15.2. The highest BCUT2D eigenvalue weighted by molar-refractivity contribution is 5.41. The number of rotatable bonds is 2. The summed E-state index contributed by atoms with van der Waals surface area (Å²) >= 11 is 0. The summed E-state index contributed by atoms with van der Waals surface area (Å²) in [5, 5.41) is 2.93. The summed E-state index contributed by atoms with van der Waals surface area (Å²) < 4.78 is 0. The Kier molecular flexibility index (Phi) is 1.33. The molecule has 0 saturated heterocycles. The number of aromatic nitrogens is 4. The molecule has 0 aromatic carbocycles. The molecule has 0 unspecified atom stereocenters. The Morgan fingerprint density at radius 3 is 1.91 bits per heavy atom. The SMILES string of the molecule is c1c[nH]c(Nc2ncc[nH]2)n1. The van der Waals surface area contributed by atoms with Crippen LogP contribution < -0.4 is 5.32 Å². The number of aromatic amines is 2. The van der Waals surface area contributed by atoms with Gasteiger partial charge in [0.05, 0.1) is 0 Å². The third-order valence-electron chi connectivity index (χ3n) is 1.23. The van der Waals surface area contributed by atoms with Crippen molar-refractivity contribution >= 4 is 11.9 Å². The molecule has 56 valence electrons. The average Bonchev–Trinajstić information content (AvgIpc) is 2.60. The van der Waals surface area contributed by atoms with E-state index in [1.54, 1.807) is 24.8 Å². The molecule has 0 spiro atoms. The molecule has 0 radical (unpaired) electrons. The quantitative estimate of drug-likeness (QED) is 0.593. The molecule has 0 aliphatic heterocycles. The Hall–Kier alpha value is -1.78. The van der Waals surface area contributed by atoms with Gasteiger partial charge < -0.3 is 9.97 Å². The molecule has 0 fully saturated rings. The van der Waals surface area contributed by atoms with Gasteiger partial charge in [0.1, 0.15) is 0 Å². The number of nitrogens with zero attached hydrogens (tertiary/aromatic N) is 2. The predicted molar refractivity (Wildman–Crippen MR) is 40.5 cm³/mol. The lowest BCUT2D eigenvalue weighted by Gasteiger charge is -1.94. The van der Waals surface area contributed by atoms with Crippen LogP contribution in [0.2, 0.25) is 0 Å². The number of hydrogen-bond donors (Lipinski definition) is 3. The van der Waals surface area contributed by atoms with Gasteiger partial charge in [-0.1, -0.05) is 0 Å². The van der Waals surface area contributed by atoms with E-state index in [4.69, 9.17) is 0 Å². The van der Waals surface area contributed by atoms with E-state index < -0.39 is 0 Å².